The van der Waals surface area contributed by atoms with Gasteiger partial charge in [-0.25, -0.2) is 4.98 Å². The first-order valence-corrected chi connectivity index (χ1v) is 12.6. The molecule has 10 heteroatoms. The summed E-state index contributed by atoms with van der Waals surface area (Å²) in [6.45, 7) is 2.99. The quantitative estimate of drug-likeness (QED) is 0.314. The van der Waals surface area contributed by atoms with Gasteiger partial charge in [-0.2, -0.15) is 0 Å². The second kappa shape index (κ2) is 11.9. The summed E-state index contributed by atoms with van der Waals surface area (Å²) in [5.41, 5.74) is 1.90. The molecule has 1 aromatic carbocycles. The van der Waals surface area contributed by atoms with Crippen LogP contribution < -0.4 is 20.9 Å². The number of hydrogen-bond donors (Lipinski definition) is 4. The summed E-state index contributed by atoms with van der Waals surface area (Å²) in [5.74, 6) is 0.902. The number of nitrogens with zero attached hydrogens (tertiary/aromatic N) is 1. The van der Waals surface area contributed by atoms with Crippen LogP contribution in [-0.4, -0.2) is 60.9 Å². The molecule has 2 fully saturated rings. The highest BCUT2D eigenvalue weighted by atomic mass is 35.5. The van der Waals surface area contributed by atoms with Gasteiger partial charge in [0.1, 0.15) is 22.7 Å². The fourth-order valence-corrected chi connectivity index (χ4v) is 4.71. The van der Waals surface area contributed by atoms with Crippen molar-refractivity contribution in [1.82, 2.24) is 20.6 Å². The summed E-state index contributed by atoms with van der Waals surface area (Å²) in [6, 6.07) is 8.80. The van der Waals surface area contributed by atoms with E-state index in [9.17, 15) is 14.7 Å². The fraction of sp³-hybridized carbons (Fsp3) is 0.444. The van der Waals surface area contributed by atoms with Crippen LogP contribution in [0, 0.1) is 5.92 Å². The number of aromatic amines is 1. The van der Waals surface area contributed by atoms with Gasteiger partial charge in [0.05, 0.1) is 24.5 Å². The van der Waals surface area contributed by atoms with E-state index in [1.165, 1.54) is 0 Å². The van der Waals surface area contributed by atoms with E-state index >= 15 is 0 Å². The molecule has 1 saturated carbocycles. The molecule has 0 bridgehead atoms. The van der Waals surface area contributed by atoms with Gasteiger partial charge in [0.2, 0.25) is 0 Å². The highest BCUT2D eigenvalue weighted by Gasteiger charge is 2.25. The Morgan fingerprint density at radius 1 is 1.24 bits per heavy atom. The Labute approximate surface area is 221 Å². The minimum atomic E-state index is -0.516. The normalized spacial score (nSPS) is 17.3. The van der Waals surface area contributed by atoms with Crippen LogP contribution in [0.1, 0.15) is 47.5 Å². The fourth-order valence-electron chi connectivity index (χ4n) is 4.71. The molecule has 0 spiro atoms. The number of aromatic nitrogens is 2. The van der Waals surface area contributed by atoms with Crippen molar-refractivity contribution < 1.29 is 19.4 Å². The molecule has 4 N–H and O–H groups in total. The van der Waals surface area contributed by atoms with Crippen molar-refractivity contribution in [3.63, 3.8) is 0 Å². The van der Waals surface area contributed by atoms with Gasteiger partial charge in [-0.3, -0.25) is 9.59 Å². The Morgan fingerprint density at radius 2 is 2.08 bits per heavy atom. The summed E-state index contributed by atoms with van der Waals surface area (Å²) in [7, 11) is 1.55. The van der Waals surface area contributed by atoms with Gasteiger partial charge in [0.15, 0.2) is 0 Å². The molecular formula is C27H33ClN4O5. The largest absolute Gasteiger partial charge is 0.507 e. The number of methoxy groups -OCH3 is 1. The molecule has 2 aliphatic rings. The Kier molecular flexibility index (Phi) is 8.68. The number of benzene rings is 1. The van der Waals surface area contributed by atoms with Crippen molar-refractivity contribution in [2.24, 2.45) is 5.92 Å². The van der Waals surface area contributed by atoms with Crippen molar-refractivity contribution in [2.45, 2.75) is 31.6 Å². The molecule has 3 aromatic rings. The average Bonchev–Trinajstić information content (AvgIpc) is 3.71. The molecule has 2 aromatic heterocycles. The van der Waals surface area contributed by atoms with E-state index in [1.807, 2.05) is 12.1 Å². The second-order valence-corrected chi connectivity index (χ2v) is 9.57. The van der Waals surface area contributed by atoms with Gasteiger partial charge < -0.3 is 30.2 Å². The first kappa shape index (κ1) is 26.9. The summed E-state index contributed by atoms with van der Waals surface area (Å²) in [5, 5.41) is 17.7. The number of hydrogen-bond acceptors (Lipinski definition) is 7. The highest BCUT2D eigenvalue weighted by Crippen LogP contribution is 2.41. The Hall–Kier alpha value is -3.14. The number of nitrogens with one attached hydrogen (secondary N) is 3. The van der Waals surface area contributed by atoms with E-state index in [-0.39, 0.29) is 29.6 Å². The zero-order valence-corrected chi connectivity index (χ0v) is 21.7. The molecule has 3 heterocycles. The first-order chi connectivity index (χ1) is 17.5. The Bertz CT molecular complexity index is 1320. The number of carbonyl (C=O) groups excluding carboxylic acids is 1. The molecule has 1 unspecified atom stereocenters. The number of rotatable bonds is 9. The maximum Gasteiger partial charge on any atom is 0.262 e. The van der Waals surface area contributed by atoms with Crippen molar-refractivity contribution in [3.8, 4) is 22.8 Å². The van der Waals surface area contributed by atoms with Crippen LogP contribution in [0.2, 0.25) is 0 Å². The maximum atomic E-state index is 12.9. The van der Waals surface area contributed by atoms with Gasteiger partial charge in [-0.05, 0) is 73.9 Å². The molecule has 1 aliphatic heterocycles. The van der Waals surface area contributed by atoms with Gasteiger partial charge in [-0.1, -0.05) is 6.07 Å². The zero-order valence-electron chi connectivity index (χ0n) is 20.8. The number of pyridine rings is 2. The third-order valence-electron chi connectivity index (χ3n) is 6.86. The van der Waals surface area contributed by atoms with Crippen molar-refractivity contribution >= 4 is 29.3 Å². The standard InChI is InChI=1S/C27H32N4O5.ClH/c1-35-11-10-29-26(33)20-12-19-18(17-4-3-9-28-14-17)13-21(30-25(19)31-27(20)34)24-22(32)5-2-6-23(24)36-15-16-7-8-16;/h2,5-6,12-13,16-17,28,32H,3-4,7-11,14-15H2,1H3,(H,29,33)(H,30,31,34);1H. The van der Waals surface area contributed by atoms with Crippen molar-refractivity contribution in [3.05, 3.63) is 51.8 Å². The number of piperidine rings is 1. The lowest BCUT2D eigenvalue weighted by atomic mass is 9.88. The third-order valence-corrected chi connectivity index (χ3v) is 6.86. The number of H-pyrrole nitrogens is 1. The molecule has 9 nitrogen and oxygen atoms in total. The maximum absolute atomic E-state index is 12.9. The number of fused-ring (bicyclic) bond motifs is 1. The topological polar surface area (TPSA) is 126 Å². The van der Waals surface area contributed by atoms with Crippen LogP contribution in [0.4, 0.5) is 0 Å². The zero-order chi connectivity index (χ0) is 25.1. The van der Waals surface area contributed by atoms with Crippen molar-refractivity contribution in [1.29, 1.82) is 0 Å². The third kappa shape index (κ3) is 6.06. The van der Waals surface area contributed by atoms with Crippen LogP contribution >= 0.6 is 12.4 Å². The molecular weight excluding hydrogens is 496 g/mol. The molecule has 37 heavy (non-hydrogen) atoms. The molecule has 5 rings (SSSR count). The number of amides is 1. The molecule has 198 valence electrons. The number of phenols is 1. The molecule has 1 amide bonds. The summed E-state index contributed by atoms with van der Waals surface area (Å²) in [4.78, 5) is 33.2. The number of aromatic hydroxyl groups is 1. The van der Waals surface area contributed by atoms with E-state index in [0.717, 1.165) is 49.7 Å². The molecule has 1 saturated heterocycles. The smallest absolute Gasteiger partial charge is 0.262 e. The number of halogens is 1. The number of carbonyl (C=O) groups is 1. The Balaban J connectivity index is 0.00000320. The first-order valence-electron chi connectivity index (χ1n) is 12.6. The number of ether oxygens (including phenoxy) is 2. The van der Waals surface area contributed by atoms with Gasteiger partial charge >= 0.3 is 0 Å². The predicted octanol–water partition coefficient (Wildman–Crippen LogP) is 3.35. The van der Waals surface area contributed by atoms with Crippen LogP contribution in [0.15, 0.2) is 35.1 Å². The van der Waals surface area contributed by atoms with E-state index in [4.69, 9.17) is 14.5 Å². The second-order valence-electron chi connectivity index (χ2n) is 9.57. The van der Waals surface area contributed by atoms with Crippen LogP contribution in [0.25, 0.3) is 22.3 Å². The molecule has 0 radical (unpaired) electrons. The lowest BCUT2D eigenvalue weighted by Crippen LogP contribution is -2.32. The van der Waals surface area contributed by atoms with Gasteiger partial charge in [-0.15, -0.1) is 12.4 Å². The van der Waals surface area contributed by atoms with Crippen LogP contribution in [0.5, 0.6) is 11.5 Å². The summed E-state index contributed by atoms with van der Waals surface area (Å²) < 4.78 is 11.1. The lowest BCUT2D eigenvalue weighted by Gasteiger charge is -2.25. The van der Waals surface area contributed by atoms with Crippen molar-refractivity contribution in [2.75, 3.05) is 40.0 Å². The van der Waals surface area contributed by atoms with Crippen LogP contribution in [0.3, 0.4) is 0 Å². The SMILES string of the molecule is COCCNC(=O)c1cc2c(C3CCCNC3)cc(-c3c(O)cccc3OCC3CC3)nc2[nH]c1=O.Cl. The monoisotopic (exact) mass is 528 g/mol. The average molecular weight is 529 g/mol. The molecule has 1 atom stereocenters. The highest BCUT2D eigenvalue weighted by molar-refractivity contribution is 5.98. The lowest BCUT2D eigenvalue weighted by molar-refractivity contribution is 0.0935. The van der Waals surface area contributed by atoms with Crippen LogP contribution in [-0.2, 0) is 4.74 Å². The molecule has 1 aliphatic carbocycles. The van der Waals surface area contributed by atoms with E-state index in [1.54, 1.807) is 25.3 Å². The van der Waals surface area contributed by atoms with E-state index < -0.39 is 11.5 Å². The summed E-state index contributed by atoms with van der Waals surface area (Å²) in [6.07, 6.45) is 4.30. The van der Waals surface area contributed by atoms with Gasteiger partial charge in [0, 0.05) is 25.6 Å². The van der Waals surface area contributed by atoms with Gasteiger partial charge in [0.25, 0.3) is 11.5 Å². The predicted molar refractivity (Wildman–Crippen MR) is 144 cm³/mol. The number of phenolic OH excluding ortho intramolecular Hbond substituents is 1. The minimum Gasteiger partial charge on any atom is -0.507 e. The van der Waals surface area contributed by atoms with E-state index in [2.05, 4.69) is 15.6 Å². The Morgan fingerprint density at radius 3 is 2.81 bits per heavy atom. The minimum absolute atomic E-state index is 0. The summed E-state index contributed by atoms with van der Waals surface area (Å²) >= 11 is 0. The van der Waals surface area contributed by atoms with E-state index in [0.29, 0.717) is 48.3 Å².